The van der Waals surface area contributed by atoms with Crippen molar-refractivity contribution in [3.8, 4) is 5.75 Å². The Hall–Kier alpha value is -2.87. The molecule has 0 aliphatic carbocycles. The van der Waals surface area contributed by atoms with Crippen LogP contribution < -0.4 is 15.0 Å². The summed E-state index contributed by atoms with van der Waals surface area (Å²) < 4.78 is 5.38. The zero-order valence-electron chi connectivity index (χ0n) is 16.6. The molecule has 1 aromatic heterocycles. The number of para-hydroxylation sites is 1. The number of nitrogens with zero attached hydrogens (tertiary/aromatic N) is 4. The Bertz CT molecular complexity index is 819. The molecular formula is C20H27N5O3. The number of methoxy groups -OCH3 is 1. The van der Waals surface area contributed by atoms with E-state index in [2.05, 4.69) is 15.3 Å². The number of aromatic nitrogens is 2. The highest BCUT2D eigenvalue weighted by molar-refractivity contribution is 5.88. The van der Waals surface area contributed by atoms with E-state index < -0.39 is 5.60 Å². The van der Waals surface area contributed by atoms with Gasteiger partial charge in [0, 0.05) is 39.7 Å². The van der Waals surface area contributed by atoms with E-state index in [1.54, 1.807) is 18.1 Å². The van der Waals surface area contributed by atoms with Gasteiger partial charge < -0.3 is 19.6 Å². The smallest absolute Gasteiger partial charge is 0.323 e. The summed E-state index contributed by atoms with van der Waals surface area (Å²) in [7, 11) is 5.38. The van der Waals surface area contributed by atoms with Crippen LogP contribution >= 0.6 is 0 Å². The lowest BCUT2D eigenvalue weighted by atomic mass is 9.85. The second-order valence-electron chi connectivity index (χ2n) is 7.29. The van der Waals surface area contributed by atoms with Crippen molar-refractivity contribution in [3.05, 3.63) is 42.2 Å². The number of hydrogen-bond donors (Lipinski definition) is 2. The summed E-state index contributed by atoms with van der Waals surface area (Å²) in [6, 6.07) is 9.21. The number of anilines is 2. The number of urea groups is 1. The fourth-order valence-electron chi connectivity index (χ4n) is 3.35. The number of carbonyl (C=O) groups is 1. The average Bonchev–Trinajstić information content (AvgIpc) is 2.69. The molecule has 8 heteroatoms. The summed E-state index contributed by atoms with van der Waals surface area (Å²) in [6.45, 7) is 0.951. The van der Waals surface area contributed by atoms with Gasteiger partial charge in [-0.3, -0.25) is 5.32 Å². The fraction of sp³-hybridized carbons (Fsp3) is 0.450. The van der Waals surface area contributed by atoms with Gasteiger partial charge in [-0.2, -0.15) is 0 Å². The third-order valence-electron chi connectivity index (χ3n) is 5.04. The van der Waals surface area contributed by atoms with Gasteiger partial charge in [-0.1, -0.05) is 18.2 Å². The molecule has 0 bridgehead atoms. The molecule has 0 radical (unpaired) electrons. The van der Waals surface area contributed by atoms with E-state index in [4.69, 9.17) is 4.74 Å². The van der Waals surface area contributed by atoms with E-state index in [1.807, 2.05) is 43.3 Å². The van der Waals surface area contributed by atoms with E-state index in [1.165, 1.54) is 6.33 Å². The van der Waals surface area contributed by atoms with Crippen LogP contribution in [0.3, 0.4) is 0 Å². The summed E-state index contributed by atoms with van der Waals surface area (Å²) in [5.74, 6) is 1.95. The van der Waals surface area contributed by atoms with Crippen molar-refractivity contribution in [1.82, 2.24) is 14.9 Å². The summed E-state index contributed by atoms with van der Waals surface area (Å²) in [5.41, 5.74) is 0.126. The van der Waals surface area contributed by atoms with E-state index in [0.717, 1.165) is 17.1 Å². The average molecular weight is 385 g/mol. The number of rotatable bonds is 5. The van der Waals surface area contributed by atoms with Crippen LogP contribution in [0.5, 0.6) is 5.75 Å². The van der Waals surface area contributed by atoms with Crippen molar-refractivity contribution >= 4 is 17.7 Å². The standard InChI is InChI=1S/C20H27N5O3/c1-24(2)18-12-17(21-14-22-18)23-19(26)25-10-8-20(27,9-11-25)13-15-6-4-5-7-16(15)28-3/h4-7,12,14,27H,8-11,13H2,1-3H3,(H,21,22,23,26). The topological polar surface area (TPSA) is 90.8 Å². The molecule has 2 amide bonds. The lowest BCUT2D eigenvalue weighted by Gasteiger charge is -2.38. The Balaban J connectivity index is 1.58. The van der Waals surface area contributed by atoms with Gasteiger partial charge in [-0.05, 0) is 24.5 Å². The molecule has 2 aromatic rings. The fourth-order valence-corrected chi connectivity index (χ4v) is 3.35. The van der Waals surface area contributed by atoms with Crippen LogP contribution in [0, 0.1) is 0 Å². The van der Waals surface area contributed by atoms with Crippen molar-refractivity contribution in [2.45, 2.75) is 24.9 Å². The quantitative estimate of drug-likeness (QED) is 0.820. The number of carbonyl (C=O) groups excluding carboxylic acids is 1. The predicted octanol–water partition coefficient (Wildman–Crippen LogP) is 2.15. The second kappa shape index (κ2) is 8.43. The first kappa shape index (κ1) is 19.9. The minimum atomic E-state index is -0.849. The monoisotopic (exact) mass is 385 g/mol. The maximum absolute atomic E-state index is 12.6. The number of piperidine rings is 1. The maximum Gasteiger partial charge on any atom is 0.323 e. The van der Waals surface area contributed by atoms with Gasteiger partial charge in [0.1, 0.15) is 23.7 Å². The third kappa shape index (κ3) is 4.69. The minimum Gasteiger partial charge on any atom is -0.496 e. The van der Waals surface area contributed by atoms with Crippen LogP contribution in [0.15, 0.2) is 36.7 Å². The normalized spacial score (nSPS) is 15.8. The van der Waals surface area contributed by atoms with E-state index in [-0.39, 0.29) is 6.03 Å². The van der Waals surface area contributed by atoms with Gasteiger partial charge in [-0.25, -0.2) is 14.8 Å². The molecule has 0 unspecified atom stereocenters. The first-order chi connectivity index (χ1) is 13.4. The first-order valence-electron chi connectivity index (χ1n) is 9.30. The summed E-state index contributed by atoms with van der Waals surface area (Å²) >= 11 is 0. The molecule has 1 fully saturated rings. The molecule has 1 saturated heterocycles. The predicted molar refractivity (Wildman–Crippen MR) is 108 cm³/mol. The van der Waals surface area contributed by atoms with Crippen molar-refractivity contribution in [3.63, 3.8) is 0 Å². The molecule has 0 spiro atoms. The van der Waals surface area contributed by atoms with Crippen LogP contribution in [0.1, 0.15) is 18.4 Å². The van der Waals surface area contributed by atoms with E-state index in [9.17, 15) is 9.90 Å². The Kier molecular flexibility index (Phi) is 5.99. The second-order valence-corrected chi connectivity index (χ2v) is 7.29. The molecule has 3 rings (SSSR count). The largest absolute Gasteiger partial charge is 0.496 e. The highest BCUT2D eigenvalue weighted by Crippen LogP contribution is 2.30. The highest BCUT2D eigenvalue weighted by Gasteiger charge is 2.34. The lowest BCUT2D eigenvalue weighted by molar-refractivity contribution is -0.0108. The van der Waals surface area contributed by atoms with Crippen LogP contribution in [0.2, 0.25) is 0 Å². The van der Waals surface area contributed by atoms with Crippen LogP contribution in [-0.4, -0.2) is 65.9 Å². The van der Waals surface area contributed by atoms with E-state index >= 15 is 0 Å². The number of ether oxygens (including phenoxy) is 1. The third-order valence-corrected chi connectivity index (χ3v) is 5.04. The molecule has 150 valence electrons. The van der Waals surface area contributed by atoms with Crippen molar-refractivity contribution in [2.24, 2.45) is 0 Å². The number of amides is 2. The molecule has 1 aliphatic heterocycles. The van der Waals surface area contributed by atoms with Crippen molar-refractivity contribution in [2.75, 3.05) is 44.5 Å². The molecule has 28 heavy (non-hydrogen) atoms. The Morgan fingerprint density at radius 2 is 2.00 bits per heavy atom. The summed E-state index contributed by atoms with van der Waals surface area (Å²) in [6.07, 6.45) is 2.94. The van der Waals surface area contributed by atoms with Gasteiger partial charge in [0.2, 0.25) is 0 Å². The van der Waals surface area contributed by atoms with Crippen LogP contribution in [-0.2, 0) is 6.42 Å². The van der Waals surface area contributed by atoms with Gasteiger partial charge in [0.05, 0.1) is 12.7 Å². The Morgan fingerprint density at radius 3 is 2.68 bits per heavy atom. The van der Waals surface area contributed by atoms with Gasteiger partial charge in [-0.15, -0.1) is 0 Å². The number of nitrogens with one attached hydrogen (secondary N) is 1. The zero-order valence-corrected chi connectivity index (χ0v) is 16.6. The molecule has 8 nitrogen and oxygen atoms in total. The minimum absolute atomic E-state index is 0.220. The molecule has 2 heterocycles. The molecule has 0 saturated carbocycles. The van der Waals surface area contributed by atoms with Crippen LogP contribution in [0.4, 0.5) is 16.4 Å². The molecule has 1 aromatic carbocycles. The Labute approximate surface area is 165 Å². The molecular weight excluding hydrogens is 358 g/mol. The highest BCUT2D eigenvalue weighted by atomic mass is 16.5. The van der Waals surface area contributed by atoms with Gasteiger partial charge in [0.15, 0.2) is 0 Å². The number of hydrogen-bond acceptors (Lipinski definition) is 6. The van der Waals surface area contributed by atoms with Gasteiger partial charge >= 0.3 is 6.03 Å². The van der Waals surface area contributed by atoms with Crippen molar-refractivity contribution in [1.29, 1.82) is 0 Å². The number of benzene rings is 1. The SMILES string of the molecule is COc1ccccc1CC1(O)CCN(C(=O)Nc2cc(N(C)C)ncn2)CC1. The summed E-state index contributed by atoms with van der Waals surface area (Å²) in [5, 5.41) is 13.8. The first-order valence-corrected chi connectivity index (χ1v) is 9.30. The number of likely N-dealkylation sites (tertiary alicyclic amines) is 1. The lowest BCUT2D eigenvalue weighted by Crippen LogP contribution is -2.49. The Morgan fingerprint density at radius 1 is 1.29 bits per heavy atom. The zero-order chi connectivity index (χ0) is 20.1. The van der Waals surface area contributed by atoms with Gasteiger partial charge in [0.25, 0.3) is 0 Å². The number of aliphatic hydroxyl groups is 1. The maximum atomic E-state index is 12.6. The molecule has 2 N–H and O–H groups in total. The van der Waals surface area contributed by atoms with Crippen LogP contribution in [0.25, 0.3) is 0 Å². The van der Waals surface area contributed by atoms with E-state index in [0.29, 0.717) is 38.2 Å². The molecule has 0 atom stereocenters. The van der Waals surface area contributed by atoms with Crippen molar-refractivity contribution < 1.29 is 14.6 Å². The summed E-state index contributed by atoms with van der Waals surface area (Å²) in [4.78, 5) is 24.3. The molecule has 1 aliphatic rings.